The van der Waals surface area contributed by atoms with E-state index in [1.807, 2.05) is 43.3 Å². The van der Waals surface area contributed by atoms with Gasteiger partial charge in [-0.15, -0.1) is 0 Å². The Morgan fingerprint density at radius 1 is 0.875 bits per heavy atom. The Labute approximate surface area is 141 Å². The lowest BCUT2D eigenvalue weighted by atomic mass is 9.77. The molecule has 3 aliphatic heterocycles. The Bertz CT molecular complexity index is 864. The van der Waals surface area contributed by atoms with Crippen molar-refractivity contribution < 1.29 is 9.84 Å². The molecule has 1 fully saturated rings. The van der Waals surface area contributed by atoms with Crippen LogP contribution in [0.3, 0.4) is 0 Å². The largest absolute Gasteiger partial charge is 0.380 e. The van der Waals surface area contributed by atoms with Gasteiger partial charge in [0.1, 0.15) is 11.2 Å². The third-order valence-corrected chi connectivity index (χ3v) is 6.46. The highest BCUT2D eigenvalue weighted by molar-refractivity contribution is 5.67. The van der Waals surface area contributed by atoms with E-state index in [4.69, 9.17) is 4.74 Å². The molecule has 0 aliphatic carbocycles. The van der Waals surface area contributed by atoms with Crippen LogP contribution in [0.2, 0.25) is 0 Å². The van der Waals surface area contributed by atoms with E-state index in [1.54, 1.807) is 0 Å². The molecule has 2 aromatic carbocycles. The molecule has 0 bridgehead atoms. The minimum atomic E-state index is -1.10. The molecule has 3 heterocycles. The van der Waals surface area contributed by atoms with Crippen LogP contribution in [0.4, 0.5) is 11.4 Å². The molecule has 1 saturated heterocycles. The molecule has 4 heteroatoms. The van der Waals surface area contributed by atoms with Gasteiger partial charge in [0.05, 0.1) is 5.54 Å². The van der Waals surface area contributed by atoms with Crippen molar-refractivity contribution in [3.63, 3.8) is 0 Å². The fraction of sp³-hybridized carbons (Fsp3) is 0.400. The fourth-order valence-corrected chi connectivity index (χ4v) is 4.90. The normalized spacial score (nSPS) is 41.5. The number of anilines is 2. The van der Waals surface area contributed by atoms with Crippen molar-refractivity contribution in [3.8, 4) is 0 Å². The zero-order chi connectivity index (χ0) is 16.8. The van der Waals surface area contributed by atoms with Gasteiger partial charge in [0.15, 0.2) is 5.72 Å². The fourth-order valence-electron chi connectivity index (χ4n) is 4.90. The van der Waals surface area contributed by atoms with E-state index in [-0.39, 0.29) is 5.54 Å². The van der Waals surface area contributed by atoms with Crippen molar-refractivity contribution in [1.82, 2.24) is 0 Å². The first-order valence-corrected chi connectivity index (χ1v) is 8.49. The van der Waals surface area contributed by atoms with Gasteiger partial charge in [0.2, 0.25) is 0 Å². The lowest BCUT2D eigenvalue weighted by Gasteiger charge is -2.38. The minimum absolute atomic E-state index is 0.296. The molecule has 0 amide bonds. The minimum Gasteiger partial charge on any atom is -0.380 e. The average molecular weight is 322 g/mol. The van der Waals surface area contributed by atoms with Gasteiger partial charge in [0, 0.05) is 28.9 Å². The summed E-state index contributed by atoms with van der Waals surface area (Å²) in [6.07, 6.45) is 0.660. The lowest BCUT2D eigenvalue weighted by molar-refractivity contribution is -0.181. The third kappa shape index (κ3) is 1.39. The van der Waals surface area contributed by atoms with E-state index >= 15 is 0 Å². The number of fused-ring (bicyclic) bond motifs is 4. The monoisotopic (exact) mass is 322 g/mol. The van der Waals surface area contributed by atoms with Gasteiger partial charge in [-0.2, -0.15) is 0 Å². The number of rotatable bonds is 0. The van der Waals surface area contributed by atoms with Crippen molar-refractivity contribution in [3.05, 3.63) is 59.7 Å². The van der Waals surface area contributed by atoms with Gasteiger partial charge in [-0.25, -0.2) is 0 Å². The first-order chi connectivity index (χ1) is 11.3. The second kappa shape index (κ2) is 3.95. The number of para-hydroxylation sites is 2. The standard InChI is InChI=1S/C20H22N2O2/c1-17-12-20(18(2,23)13-8-4-6-10-15(13)22-20)24-19(17,3)14-9-5-7-11-16(14)21-17/h4-11,21-23H,12H2,1-3H3/t17-,18+,19-,20-/m1/s1. The second-order valence-corrected chi connectivity index (χ2v) is 7.88. The third-order valence-electron chi connectivity index (χ3n) is 6.46. The zero-order valence-electron chi connectivity index (χ0n) is 14.2. The molecule has 0 saturated carbocycles. The molecular formula is C20H22N2O2. The molecule has 2 aromatic rings. The molecule has 4 nitrogen and oxygen atoms in total. The summed E-state index contributed by atoms with van der Waals surface area (Å²) in [5.74, 6) is 0. The summed E-state index contributed by atoms with van der Waals surface area (Å²) < 4.78 is 6.72. The van der Waals surface area contributed by atoms with Crippen molar-refractivity contribution in [1.29, 1.82) is 0 Å². The maximum absolute atomic E-state index is 11.4. The summed E-state index contributed by atoms with van der Waals surface area (Å²) in [4.78, 5) is 0. The Balaban J connectivity index is 1.67. The molecule has 0 aromatic heterocycles. The number of hydrogen-bond donors (Lipinski definition) is 3. The van der Waals surface area contributed by atoms with E-state index in [0.717, 1.165) is 22.5 Å². The van der Waals surface area contributed by atoms with Gasteiger partial charge in [-0.05, 0) is 32.9 Å². The van der Waals surface area contributed by atoms with Gasteiger partial charge in [-0.1, -0.05) is 36.4 Å². The van der Waals surface area contributed by atoms with Crippen molar-refractivity contribution in [2.75, 3.05) is 10.6 Å². The summed E-state index contributed by atoms with van der Waals surface area (Å²) in [5, 5.41) is 18.6. The Kier molecular flexibility index (Phi) is 2.36. The average Bonchev–Trinajstić information content (AvgIpc) is 2.98. The predicted octanol–water partition coefficient (Wildman–Crippen LogP) is 3.54. The van der Waals surface area contributed by atoms with Crippen LogP contribution >= 0.6 is 0 Å². The van der Waals surface area contributed by atoms with Crippen LogP contribution in [0.1, 0.15) is 38.3 Å². The van der Waals surface area contributed by atoms with Crippen molar-refractivity contribution in [2.45, 2.75) is 49.7 Å². The Morgan fingerprint density at radius 3 is 2.12 bits per heavy atom. The Morgan fingerprint density at radius 2 is 1.46 bits per heavy atom. The van der Waals surface area contributed by atoms with Crippen LogP contribution in [0.25, 0.3) is 0 Å². The van der Waals surface area contributed by atoms with Crippen LogP contribution in [0.5, 0.6) is 0 Å². The van der Waals surface area contributed by atoms with Crippen LogP contribution < -0.4 is 10.6 Å². The second-order valence-electron chi connectivity index (χ2n) is 7.88. The first kappa shape index (κ1) is 14.3. The number of hydrogen-bond acceptors (Lipinski definition) is 4. The van der Waals surface area contributed by atoms with Gasteiger partial charge >= 0.3 is 0 Å². The highest BCUT2D eigenvalue weighted by Crippen LogP contribution is 2.64. The number of aliphatic hydroxyl groups is 1. The van der Waals surface area contributed by atoms with E-state index < -0.39 is 16.9 Å². The molecule has 3 aliphatic rings. The summed E-state index contributed by atoms with van der Waals surface area (Å²) in [5.41, 5.74) is 1.36. The SMILES string of the molecule is C[C@@]12C[C@@]3(Nc4ccccc4[C@]3(C)O)O[C@]1(C)c1ccccc1N2. The van der Waals surface area contributed by atoms with Gasteiger partial charge in [0.25, 0.3) is 0 Å². The van der Waals surface area contributed by atoms with Crippen molar-refractivity contribution >= 4 is 11.4 Å². The van der Waals surface area contributed by atoms with Crippen LogP contribution in [-0.4, -0.2) is 16.4 Å². The van der Waals surface area contributed by atoms with Crippen molar-refractivity contribution in [2.24, 2.45) is 0 Å². The molecule has 5 rings (SSSR count). The van der Waals surface area contributed by atoms with Gasteiger partial charge < -0.3 is 20.5 Å². The Hall–Kier alpha value is -2.04. The highest BCUT2D eigenvalue weighted by atomic mass is 16.6. The number of ether oxygens (including phenoxy) is 1. The molecular weight excluding hydrogens is 300 g/mol. The summed E-state index contributed by atoms with van der Waals surface area (Å²) >= 11 is 0. The van der Waals surface area contributed by atoms with E-state index in [2.05, 4.69) is 36.6 Å². The van der Waals surface area contributed by atoms with Gasteiger partial charge in [-0.3, -0.25) is 0 Å². The summed E-state index contributed by atoms with van der Waals surface area (Å²) in [6, 6.07) is 16.2. The number of nitrogens with one attached hydrogen (secondary N) is 2. The smallest absolute Gasteiger partial charge is 0.175 e. The quantitative estimate of drug-likeness (QED) is 0.694. The van der Waals surface area contributed by atoms with Crippen LogP contribution in [0.15, 0.2) is 48.5 Å². The van der Waals surface area contributed by atoms with E-state index in [0.29, 0.717) is 6.42 Å². The molecule has 0 unspecified atom stereocenters. The molecule has 4 atom stereocenters. The highest BCUT2D eigenvalue weighted by Gasteiger charge is 2.71. The van der Waals surface area contributed by atoms with E-state index in [9.17, 15) is 5.11 Å². The molecule has 3 N–H and O–H groups in total. The maximum atomic E-state index is 11.4. The maximum Gasteiger partial charge on any atom is 0.175 e. The first-order valence-electron chi connectivity index (χ1n) is 8.49. The summed E-state index contributed by atoms with van der Waals surface area (Å²) in [6.45, 7) is 6.16. The predicted molar refractivity (Wildman–Crippen MR) is 93.9 cm³/mol. The topological polar surface area (TPSA) is 53.5 Å². The van der Waals surface area contributed by atoms with E-state index in [1.165, 1.54) is 0 Å². The number of benzene rings is 2. The molecule has 0 radical (unpaired) electrons. The molecule has 1 spiro atoms. The van der Waals surface area contributed by atoms with Crippen LogP contribution in [-0.2, 0) is 15.9 Å². The molecule has 124 valence electrons. The zero-order valence-corrected chi connectivity index (χ0v) is 14.2. The lowest BCUT2D eigenvalue weighted by Crippen LogP contribution is -2.52. The van der Waals surface area contributed by atoms with Crippen LogP contribution in [0, 0.1) is 0 Å². The summed E-state index contributed by atoms with van der Waals surface area (Å²) in [7, 11) is 0. The molecule has 24 heavy (non-hydrogen) atoms.